The lowest BCUT2D eigenvalue weighted by atomic mass is 10.0. The van der Waals surface area contributed by atoms with Crippen LogP contribution in [0.4, 0.5) is 0 Å². The van der Waals surface area contributed by atoms with Gasteiger partial charge in [-0.05, 0) is 62.3 Å². The maximum Gasteiger partial charge on any atom is 0.230 e. The van der Waals surface area contributed by atoms with Crippen molar-refractivity contribution in [1.29, 1.82) is 0 Å². The Labute approximate surface area is 155 Å². The predicted molar refractivity (Wildman–Crippen MR) is 107 cm³/mol. The molecule has 3 heteroatoms. The van der Waals surface area contributed by atoms with Crippen LogP contribution in [-0.4, -0.2) is 11.7 Å². The number of hydrogen-bond donors (Lipinski definition) is 1. The van der Waals surface area contributed by atoms with Crippen molar-refractivity contribution in [2.24, 2.45) is 0 Å². The fourth-order valence-corrected chi connectivity index (χ4v) is 4.41. The van der Waals surface area contributed by atoms with Gasteiger partial charge in [-0.15, -0.1) is 11.8 Å². The SMILES string of the molecule is Cc1cc(C)cc(CSCC(=O)N[C@@H](C)c2ccc3c(c2)CCC3)c1. The highest BCUT2D eigenvalue weighted by Crippen LogP contribution is 2.25. The van der Waals surface area contributed by atoms with Crippen LogP contribution in [0.2, 0.25) is 0 Å². The third-order valence-electron chi connectivity index (χ3n) is 4.78. The maximum absolute atomic E-state index is 12.3. The second-order valence-electron chi connectivity index (χ2n) is 7.16. The lowest BCUT2D eigenvalue weighted by molar-refractivity contribution is -0.119. The summed E-state index contributed by atoms with van der Waals surface area (Å²) in [6.45, 7) is 6.31. The summed E-state index contributed by atoms with van der Waals surface area (Å²) in [5.74, 6) is 1.49. The highest BCUT2D eigenvalue weighted by Gasteiger charge is 2.15. The minimum atomic E-state index is 0.0696. The van der Waals surface area contributed by atoms with Crippen molar-refractivity contribution in [2.45, 2.75) is 51.8 Å². The Morgan fingerprint density at radius 3 is 2.56 bits per heavy atom. The van der Waals surface area contributed by atoms with Crippen molar-refractivity contribution in [3.63, 3.8) is 0 Å². The van der Waals surface area contributed by atoms with Gasteiger partial charge in [0.2, 0.25) is 5.91 Å². The van der Waals surface area contributed by atoms with Crippen LogP contribution in [0.3, 0.4) is 0 Å². The zero-order valence-electron chi connectivity index (χ0n) is 15.4. The summed E-state index contributed by atoms with van der Waals surface area (Å²) >= 11 is 1.68. The van der Waals surface area contributed by atoms with Crippen molar-refractivity contribution in [3.8, 4) is 0 Å². The average molecular weight is 354 g/mol. The summed E-state index contributed by atoms with van der Waals surface area (Å²) in [7, 11) is 0. The van der Waals surface area contributed by atoms with Gasteiger partial charge in [0.25, 0.3) is 0 Å². The molecule has 0 aliphatic heterocycles. The van der Waals surface area contributed by atoms with E-state index >= 15 is 0 Å². The van der Waals surface area contributed by atoms with Gasteiger partial charge in [0.15, 0.2) is 0 Å². The summed E-state index contributed by atoms with van der Waals surface area (Å²) in [6.07, 6.45) is 3.63. The molecule has 1 aliphatic carbocycles. The lowest BCUT2D eigenvalue weighted by Gasteiger charge is -2.15. The monoisotopic (exact) mass is 353 g/mol. The molecular weight excluding hydrogens is 326 g/mol. The van der Waals surface area contributed by atoms with E-state index in [1.54, 1.807) is 11.8 Å². The zero-order chi connectivity index (χ0) is 17.8. The van der Waals surface area contributed by atoms with Crippen molar-refractivity contribution >= 4 is 17.7 Å². The first-order valence-corrected chi connectivity index (χ1v) is 10.2. The minimum Gasteiger partial charge on any atom is -0.349 e. The summed E-state index contributed by atoms with van der Waals surface area (Å²) in [5.41, 5.74) is 8.01. The molecule has 0 radical (unpaired) electrons. The van der Waals surface area contributed by atoms with Crippen LogP contribution in [0.1, 0.15) is 52.8 Å². The Morgan fingerprint density at radius 1 is 1.08 bits per heavy atom. The van der Waals surface area contributed by atoms with Crippen molar-refractivity contribution in [1.82, 2.24) is 5.32 Å². The molecule has 0 fully saturated rings. The Hall–Kier alpha value is -1.74. The van der Waals surface area contributed by atoms with E-state index in [4.69, 9.17) is 0 Å². The third kappa shape index (κ3) is 4.88. The van der Waals surface area contributed by atoms with E-state index in [0.717, 1.165) is 5.75 Å². The molecule has 1 atom stereocenters. The van der Waals surface area contributed by atoms with Gasteiger partial charge in [-0.1, -0.05) is 47.5 Å². The third-order valence-corrected chi connectivity index (χ3v) is 5.79. The molecule has 1 amide bonds. The summed E-state index contributed by atoms with van der Waals surface area (Å²) in [5, 5.41) is 3.14. The van der Waals surface area contributed by atoms with E-state index in [-0.39, 0.29) is 11.9 Å². The number of hydrogen-bond acceptors (Lipinski definition) is 2. The fraction of sp³-hybridized carbons (Fsp3) is 0.409. The van der Waals surface area contributed by atoms with Crippen LogP contribution in [-0.2, 0) is 23.4 Å². The normalized spacial score (nSPS) is 14.2. The molecular formula is C22H27NOS. The molecule has 0 bridgehead atoms. The van der Waals surface area contributed by atoms with Crippen molar-refractivity contribution in [2.75, 3.05) is 5.75 Å². The van der Waals surface area contributed by atoms with E-state index in [9.17, 15) is 4.79 Å². The van der Waals surface area contributed by atoms with Crippen LogP contribution in [0.15, 0.2) is 36.4 Å². The predicted octanol–water partition coefficient (Wildman–Crippen LogP) is 4.90. The molecule has 25 heavy (non-hydrogen) atoms. The van der Waals surface area contributed by atoms with E-state index in [1.165, 1.54) is 52.6 Å². The van der Waals surface area contributed by atoms with Crippen molar-refractivity contribution in [3.05, 3.63) is 69.8 Å². The van der Waals surface area contributed by atoms with Crippen LogP contribution in [0.25, 0.3) is 0 Å². The number of benzene rings is 2. The standard InChI is InChI=1S/C22H27NOS/c1-15-9-16(2)11-18(10-15)13-25-14-22(24)23-17(3)20-8-7-19-5-4-6-21(19)12-20/h7-12,17H,4-6,13-14H2,1-3H3,(H,23,24)/t17-/m0/s1. The van der Waals surface area contributed by atoms with Gasteiger partial charge in [0.1, 0.15) is 0 Å². The van der Waals surface area contributed by atoms with Gasteiger partial charge in [0.05, 0.1) is 11.8 Å². The molecule has 132 valence electrons. The Morgan fingerprint density at radius 2 is 1.80 bits per heavy atom. The molecule has 2 aromatic rings. The van der Waals surface area contributed by atoms with Crippen molar-refractivity contribution < 1.29 is 4.79 Å². The quantitative estimate of drug-likeness (QED) is 0.800. The first kappa shape index (κ1) is 18.1. The average Bonchev–Trinajstić information content (AvgIpc) is 3.01. The molecule has 0 saturated heterocycles. The number of carbonyl (C=O) groups excluding carboxylic acids is 1. The molecule has 0 heterocycles. The van der Waals surface area contributed by atoms with Crippen LogP contribution in [0.5, 0.6) is 0 Å². The number of amides is 1. The summed E-state index contributed by atoms with van der Waals surface area (Å²) in [6, 6.07) is 13.3. The topological polar surface area (TPSA) is 29.1 Å². The molecule has 0 spiro atoms. The first-order valence-electron chi connectivity index (χ1n) is 9.07. The summed E-state index contributed by atoms with van der Waals surface area (Å²) < 4.78 is 0. The van der Waals surface area contributed by atoms with E-state index in [2.05, 4.69) is 62.5 Å². The molecule has 2 aromatic carbocycles. The number of aryl methyl sites for hydroxylation is 4. The van der Waals surface area contributed by atoms with Gasteiger partial charge < -0.3 is 5.32 Å². The molecule has 0 aromatic heterocycles. The minimum absolute atomic E-state index is 0.0696. The van der Waals surface area contributed by atoms with E-state index in [0.29, 0.717) is 5.75 Å². The van der Waals surface area contributed by atoms with Crippen LogP contribution >= 0.6 is 11.8 Å². The largest absolute Gasteiger partial charge is 0.349 e. The number of fused-ring (bicyclic) bond motifs is 1. The second-order valence-corrected chi connectivity index (χ2v) is 8.15. The Balaban J connectivity index is 1.48. The molecule has 1 aliphatic rings. The van der Waals surface area contributed by atoms with Gasteiger partial charge >= 0.3 is 0 Å². The van der Waals surface area contributed by atoms with E-state index in [1.807, 2.05) is 0 Å². The highest BCUT2D eigenvalue weighted by molar-refractivity contribution is 7.99. The van der Waals surface area contributed by atoms with E-state index < -0.39 is 0 Å². The number of rotatable bonds is 6. The maximum atomic E-state index is 12.3. The van der Waals surface area contributed by atoms with Crippen LogP contribution in [0, 0.1) is 13.8 Å². The van der Waals surface area contributed by atoms with Gasteiger partial charge in [-0.2, -0.15) is 0 Å². The number of thioether (sulfide) groups is 1. The zero-order valence-corrected chi connectivity index (χ0v) is 16.2. The van der Waals surface area contributed by atoms with Crippen LogP contribution < -0.4 is 5.32 Å². The van der Waals surface area contributed by atoms with Gasteiger partial charge in [0, 0.05) is 5.75 Å². The molecule has 0 saturated carbocycles. The Bertz CT molecular complexity index is 748. The number of nitrogens with one attached hydrogen (secondary N) is 1. The molecule has 2 nitrogen and oxygen atoms in total. The smallest absolute Gasteiger partial charge is 0.230 e. The summed E-state index contributed by atoms with van der Waals surface area (Å²) in [4.78, 5) is 12.3. The molecule has 3 rings (SSSR count). The Kier molecular flexibility index (Phi) is 5.85. The number of carbonyl (C=O) groups is 1. The van der Waals surface area contributed by atoms with Gasteiger partial charge in [-0.25, -0.2) is 0 Å². The molecule has 0 unspecified atom stereocenters. The second kappa shape index (κ2) is 8.09. The highest BCUT2D eigenvalue weighted by atomic mass is 32.2. The fourth-order valence-electron chi connectivity index (χ4n) is 3.64. The lowest BCUT2D eigenvalue weighted by Crippen LogP contribution is -2.28. The first-order chi connectivity index (χ1) is 12.0. The molecule has 1 N–H and O–H groups in total. The van der Waals surface area contributed by atoms with Gasteiger partial charge in [-0.3, -0.25) is 4.79 Å².